The Morgan fingerprint density at radius 2 is 2.21 bits per heavy atom. The van der Waals surface area contributed by atoms with E-state index in [1.165, 1.54) is 6.20 Å². The van der Waals surface area contributed by atoms with Crippen molar-refractivity contribution >= 4 is 11.6 Å². The zero-order chi connectivity index (χ0) is 13.3. The van der Waals surface area contributed by atoms with E-state index in [2.05, 4.69) is 14.9 Å². The van der Waals surface area contributed by atoms with Crippen LogP contribution in [0.15, 0.2) is 12.4 Å². The quantitative estimate of drug-likeness (QED) is 0.884. The molecule has 1 aliphatic heterocycles. The lowest BCUT2D eigenvalue weighted by molar-refractivity contribution is -0.0838. The van der Waals surface area contributed by atoms with Gasteiger partial charge in [-0.05, 0) is 19.3 Å². The van der Waals surface area contributed by atoms with Crippen molar-refractivity contribution in [3.8, 4) is 5.88 Å². The molecule has 104 valence electrons. The number of rotatable bonds is 5. The van der Waals surface area contributed by atoms with Gasteiger partial charge in [-0.3, -0.25) is 9.88 Å². The van der Waals surface area contributed by atoms with Gasteiger partial charge in [-0.1, -0.05) is 11.6 Å². The summed E-state index contributed by atoms with van der Waals surface area (Å²) in [7, 11) is 0. The van der Waals surface area contributed by atoms with Crippen molar-refractivity contribution in [2.45, 2.75) is 24.9 Å². The number of likely N-dealkylation sites (tertiary alicyclic amines) is 1. The van der Waals surface area contributed by atoms with Gasteiger partial charge in [-0.2, -0.15) is 4.98 Å². The number of aromatic nitrogens is 2. The van der Waals surface area contributed by atoms with Gasteiger partial charge >= 0.3 is 0 Å². The maximum absolute atomic E-state index is 10.1. The Morgan fingerprint density at radius 1 is 1.42 bits per heavy atom. The highest BCUT2D eigenvalue weighted by atomic mass is 35.5. The summed E-state index contributed by atoms with van der Waals surface area (Å²) in [6.45, 7) is 3.40. The summed E-state index contributed by atoms with van der Waals surface area (Å²) in [5.74, 6) is 0.980. The van der Waals surface area contributed by atoms with Crippen LogP contribution in [0.5, 0.6) is 5.88 Å². The zero-order valence-corrected chi connectivity index (χ0v) is 11.5. The Labute approximate surface area is 117 Å². The third kappa shape index (κ3) is 3.16. The van der Waals surface area contributed by atoms with E-state index in [1.807, 2.05) is 0 Å². The van der Waals surface area contributed by atoms with Crippen LogP contribution in [0.1, 0.15) is 19.3 Å². The first-order valence-corrected chi connectivity index (χ1v) is 7.06. The summed E-state index contributed by atoms with van der Waals surface area (Å²) in [4.78, 5) is 10.2. The number of nitrogens with zero attached hydrogens (tertiary/aromatic N) is 3. The minimum atomic E-state index is -0.412. The summed E-state index contributed by atoms with van der Waals surface area (Å²) in [5, 5.41) is 10.4. The Hall–Kier alpha value is -0.910. The molecule has 1 aromatic heterocycles. The zero-order valence-electron chi connectivity index (χ0n) is 10.8. The predicted molar refractivity (Wildman–Crippen MR) is 71.3 cm³/mol. The highest BCUT2D eigenvalue weighted by Crippen LogP contribution is 2.34. The first kappa shape index (κ1) is 13.1. The Morgan fingerprint density at radius 3 is 2.84 bits per heavy atom. The van der Waals surface area contributed by atoms with E-state index in [0.717, 1.165) is 38.9 Å². The van der Waals surface area contributed by atoms with E-state index in [0.29, 0.717) is 23.6 Å². The number of aliphatic hydroxyl groups is 1. The highest BCUT2D eigenvalue weighted by Gasteiger charge is 2.39. The van der Waals surface area contributed by atoms with Crippen molar-refractivity contribution in [2.75, 3.05) is 26.2 Å². The molecule has 6 heteroatoms. The Bertz CT molecular complexity index is 447. The van der Waals surface area contributed by atoms with Gasteiger partial charge in [0.1, 0.15) is 0 Å². The van der Waals surface area contributed by atoms with Crippen molar-refractivity contribution in [2.24, 2.45) is 5.92 Å². The summed E-state index contributed by atoms with van der Waals surface area (Å²) in [6.07, 6.45) is 6.11. The molecule has 3 rings (SSSR count). The molecule has 0 amide bonds. The molecule has 0 aromatic carbocycles. The molecule has 0 atom stereocenters. The van der Waals surface area contributed by atoms with Crippen LogP contribution in [-0.4, -0.2) is 51.8 Å². The summed E-state index contributed by atoms with van der Waals surface area (Å²) in [5.41, 5.74) is -0.412. The van der Waals surface area contributed by atoms with Crippen LogP contribution in [0.3, 0.4) is 0 Å². The molecule has 2 aliphatic rings. The van der Waals surface area contributed by atoms with E-state index < -0.39 is 5.60 Å². The second-order valence-electron chi connectivity index (χ2n) is 5.63. The van der Waals surface area contributed by atoms with Crippen molar-refractivity contribution in [3.05, 3.63) is 17.5 Å². The lowest BCUT2D eigenvalue weighted by atomic mass is 9.79. The molecular formula is C13H18ClN3O2. The molecule has 1 saturated carbocycles. The average Bonchev–Trinajstić information content (AvgIpc) is 2.30. The molecule has 0 unspecified atom stereocenters. The SMILES string of the molecule is OC1(CN2CC(COc3cncc(Cl)n3)C2)CCC1. The fourth-order valence-electron chi connectivity index (χ4n) is 2.67. The van der Waals surface area contributed by atoms with E-state index in [9.17, 15) is 5.11 Å². The van der Waals surface area contributed by atoms with Gasteiger partial charge in [0, 0.05) is 25.6 Å². The number of hydrogen-bond donors (Lipinski definition) is 1. The molecular weight excluding hydrogens is 266 g/mol. The maximum atomic E-state index is 10.1. The molecule has 2 heterocycles. The van der Waals surface area contributed by atoms with Crippen LogP contribution in [-0.2, 0) is 0 Å². The van der Waals surface area contributed by atoms with Gasteiger partial charge in [0.2, 0.25) is 5.88 Å². The second-order valence-corrected chi connectivity index (χ2v) is 6.02. The van der Waals surface area contributed by atoms with Crippen LogP contribution < -0.4 is 4.74 Å². The van der Waals surface area contributed by atoms with E-state index in [-0.39, 0.29) is 0 Å². The second kappa shape index (κ2) is 5.23. The fraction of sp³-hybridized carbons (Fsp3) is 0.692. The first-order chi connectivity index (χ1) is 9.13. The Kier molecular flexibility index (Phi) is 3.60. The minimum Gasteiger partial charge on any atom is -0.476 e. The number of ether oxygens (including phenoxy) is 1. The third-order valence-electron chi connectivity index (χ3n) is 3.88. The minimum absolute atomic E-state index is 0.347. The standard InChI is InChI=1S/C13H18ClN3O2/c14-11-4-15-5-12(16-11)19-8-10-6-17(7-10)9-13(18)2-1-3-13/h4-5,10,18H,1-3,6-9H2. The van der Waals surface area contributed by atoms with E-state index in [1.54, 1.807) is 6.20 Å². The predicted octanol–water partition coefficient (Wildman–Crippen LogP) is 1.36. The molecule has 2 fully saturated rings. The number of hydrogen-bond acceptors (Lipinski definition) is 5. The van der Waals surface area contributed by atoms with Crippen molar-refractivity contribution in [1.29, 1.82) is 0 Å². The van der Waals surface area contributed by atoms with Crippen LogP contribution >= 0.6 is 11.6 Å². The maximum Gasteiger partial charge on any atom is 0.233 e. The molecule has 1 N–H and O–H groups in total. The average molecular weight is 284 g/mol. The van der Waals surface area contributed by atoms with Crippen LogP contribution in [0.25, 0.3) is 0 Å². The largest absolute Gasteiger partial charge is 0.476 e. The molecule has 19 heavy (non-hydrogen) atoms. The van der Waals surface area contributed by atoms with Gasteiger partial charge in [-0.15, -0.1) is 0 Å². The molecule has 1 aromatic rings. The van der Waals surface area contributed by atoms with Crippen molar-refractivity contribution in [3.63, 3.8) is 0 Å². The van der Waals surface area contributed by atoms with Crippen LogP contribution in [0, 0.1) is 5.92 Å². The molecule has 1 saturated heterocycles. The molecule has 0 spiro atoms. The summed E-state index contributed by atoms with van der Waals surface area (Å²) >= 11 is 5.74. The smallest absolute Gasteiger partial charge is 0.233 e. The fourth-order valence-corrected chi connectivity index (χ4v) is 2.81. The van der Waals surface area contributed by atoms with E-state index >= 15 is 0 Å². The van der Waals surface area contributed by atoms with Crippen LogP contribution in [0.2, 0.25) is 5.15 Å². The lowest BCUT2D eigenvalue weighted by Crippen LogP contribution is -2.57. The molecule has 1 aliphatic carbocycles. The topological polar surface area (TPSA) is 58.5 Å². The van der Waals surface area contributed by atoms with E-state index in [4.69, 9.17) is 16.3 Å². The van der Waals surface area contributed by atoms with Gasteiger partial charge in [-0.25, -0.2) is 0 Å². The van der Waals surface area contributed by atoms with Gasteiger partial charge in [0.25, 0.3) is 0 Å². The molecule has 5 nitrogen and oxygen atoms in total. The monoisotopic (exact) mass is 283 g/mol. The number of halogens is 1. The molecule has 0 radical (unpaired) electrons. The van der Waals surface area contributed by atoms with Gasteiger partial charge in [0.05, 0.1) is 24.6 Å². The first-order valence-electron chi connectivity index (χ1n) is 6.68. The summed E-state index contributed by atoms with van der Waals surface area (Å²) in [6, 6.07) is 0. The van der Waals surface area contributed by atoms with Crippen molar-refractivity contribution in [1.82, 2.24) is 14.9 Å². The number of β-amino-alcohol motifs (C(OH)–C–C–N with tert-alkyl or cyclic N) is 1. The van der Waals surface area contributed by atoms with Gasteiger partial charge < -0.3 is 9.84 Å². The third-order valence-corrected chi connectivity index (χ3v) is 4.07. The van der Waals surface area contributed by atoms with Gasteiger partial charge in [0.15, 0.2) is 5.15 Å². The Balaban J connectivity index is 1.37. The normalized spacial score (nSPS) is 22.6. The summed E-state index contributed by atoms with van der Waals surface area (Å²) < 4.78 is 5.56. The highest BCUT2D eigenvalue weighted by molar-refractivity contribution is 6.29. The van der Waals surface area contributed by atoms with Crippen LogP contribution in [0.4, 0.5) is 0 Å². The van der Waals surface area contributed by atoms with Crippen molar-refractivity contribution < 1.29 is 9.84 Å². The lowest BCUT2D eigenvalue weighted by Gasteiger charge is -2.46. The molecule has 0 bridgehead atoms.